The van der Waals surface area contributed by atoms with Gasteiger partial charge in [-0.2, -0.15) is 0 Å². The van der Waals surface area contributed by atoms with Crippen molar-refractivity contribution in [1.82, 2.24) is 0 Å². The first-order valence-corrected chi connectivity index (χ1v) is 5.49. The average molecular weight is 186 g/mol. The lowest BCUT2D eigenvalue weighted by atomic mass is 9.66. The van der Waals surface area contributed by atoms with Crippen molar-refractivity contribution >= 4 is 5.69 Å². The number of nitrogens with zero attached hydrogens (tertiary/aromatic N) is 1. The minimum Gasteiger partial charge on any atom is -0.370 e. The highest BCUT2D eigenvalue weighted by atomic mass is 15.2. The molecule has 1 aliphatic heterocycles. The van der Waals surface area contributed by atoms with Gasteiger partial charge in [-0.3, -0.25) is 0 Å². The van der Waals surface area contributed by atoms with E-state index in [-0.39, 0.29) is 0 Å². The quantitative estimate of drug-likeness (QED) is 0.652. The van der Waals surface area contributed by atoms with Crippen molar-refractivity contribution in [3.05, 3.63) is 36.8 Å². The fourth-order valence-electron chi connectivity index (χ4n) is 2.96. The van der Waals surface area contributed by atoms with Gasteiger partial charge in [0, 0.05) is 24.2 Å². The molecule has 0 saturated heterocycles. The van der Waals surface area contributed by atoms with Gasteiger partial charge < -0.3 is 4.90 Å². The highest BCUT2D eigenvalue weighted by Gasteiger charge is 2.45. The molecule has 1 aliphatic carbocycles. The lowest BCUT2D eigenvalue weighted by molar-refractivity contribution is 0.264. The minimum absolute atomic E-state index is 0.508. The second kappa shape index (κ2) is 2.75. The predicted octanol–water partition coefficient (Wildman–Crippen LogP) is 2.76. The Morgan fingerprint density at radius 3 is 2.71 bits per heavy atom. The van der Waals surface area contributed by atoms with E-state index in [0.717, 1.165) is 6.54 Å². The van der Waals surface area contributed by atoms with Crippen LogP contribution in [0.4, 0.5) is 5.69 Å². The average Bonchev–Trinajstić information content (AvgIpc) is 2.52. The van der Waals surface area contributed by atoms with Gasteiger partial charge in [0.2, 0.25) is 0 Å². The Balaban J connectivity index is 2.09. The Kier molecular flexibility index (Phi) is 1.64. The summed E-state index contributed by atoms with van der Waals surface area (Å²) in [7, 11) is 0. The van der Waals surface area contributed by atoms with E-state index in [0.29, 0.717) is 5.41 Å². The number of hydrogen-bond donors (Lipinski definition) is 0. The molecule has 1 aromatic carbocycles. The Morgan fingerprint density at radius 1 is 1.29 bits per heavy atom. The molecule has 1 aromatic rings. The maximum absolute atomic E-state index is 4.02. The van der Waals surface area contributed by atoms with Crippen LogP contribution in [0.15, 0.2) is 24.3 Å². The molecule has 0 aromatic heterocycles. The second-order valence-corrected chi connectivity index (χ2v) is 4.57. The van der Waals surface area contributed by atoms with Crippen LogP contribution in [0, 0.1) is 6.92 Å². The van der Waals surface area contributed by atoms with Gasteiger partial charge >= 0.3 is 0 Å². The van der Waals surface area contributed by atoms with Crippen molar-refractivity contribution in [1.29, 1.82) is 0 Å². The molecule has 14 heavy (non-hydrogen) atoms. The summed E-state index contributed by atoms with van der Waals surface area (Å²) >= 11 is 0. The van der Waals surface area contributed by atoms with E-state index in [1.54, 1.807) is 5.56 Å². The summed E-state index contributed by atoms with van der Waals surface area (Å²) in [4.78, 5) is 2.43. The zero-order chi connectivity index (χ0) is 9.60. The van der Waals surface area contributed by atoms with E-state index in [9.17, 15) is 0 Å². The van der Waals surface area contributed by atoms with Crippen LogP contribution in [-0.4, -0.2) is 13.1 Å². The molecule has 2 aliphatic rings. The van der Waals surface area contributed by atoms with Gasteiger partial charge in [0.25, 0.3) is 0 Å². The Labute approximate surface area is 85.7 Å². The van der Waals surface area contributed by atoms with Crippen LogP contribution < -0.4 is 4.90 Å². The van der Waals surface area contributed by atoms with Crippen LogP contribution >= 0.6 is 0 Å². The highest BCUT2D eigenvalue weighted by molar-refractivity contribution is 5.63. The normalized spacial score (nSPS) is 22.2. The molecule has 1 fully saturated rings. The van der Waals surface area contributed by atoms with E-state index >= 15 is 0 Å². The fourth-order valence-corrected chi connectivity index (χ4v) is 2.96. The number of fused-ring (bicyclic) bond motifs is 2. The van der Waals surface area contributed by atoms with Gasteiger partial charge in [-0.1, -0.05) is 24.6 Å². The van der Waals surface area contributed by atoms with E-state index in [4.69, 9.17) is 0 Å². The molecular weight excluding hydrogens is 170 g/mol. The van der Waals surface area contributed by atoms with Crippen molar-refractivity contribution < 1.29 is 0 Å². The number of hydrogen-bond acceptors (Lipinski definition) is 1. The molecule has 1 radical (unpaired) electrons. The summed E-state index contributed by atoms with van der Waals surface area (Å²) < 4.78 is 0. The van der Waals surface area contributed by atoms with Gasteiger partial charge in [0.1, 0.15) is 0 Å². The lowest BCUT2D eigenvalue weighted by Gasteiger charge is -2.39. The van der Waals surface area contributed by atoms with Crippen LogP contribution in [0.25, 0.3) is 0 Å². The lowest BCUT2D eigenvalue weighted by Crippen LogP contribution is -2.39. The largest absolute Gasteiger partial charge is 0.370 e. The Hall–Kier alpha value is -0.980. The van der Waals surface area contributed by atoms with E-state index in [1.807, 2.05) is 0 Å². The smallest absolute Gasteiger partial charge is 0.0405 e. The van der Waals surface area contributed by atoms with Crippen molar-refractivity contribution in [3.8, 4) is 0 Å². The molecule has 1 heterocycles. The number of para-hydroxylation sites is 1. The Bertz CT molecular complexity index is 352. The second-order valence-electron chi connectivity index (χ2n) is 4.57. The zero-order valence-corrected chi connectivity index (χ0v) is 8.50. The van der Waals surface area contributed by atoms with Crippen molar-refractivity contribution in [2.45, 2.75) is 24.7 Å². The summed E-state index contributed by atoms with van der Waals surface area (Å²) in [6.45, 7) is 6.12. The Morgan fingerprint density at radius 2 is 2.07 bits per heavy atom. The van der Waals surface area contributed by atoms with Crippen LogP contribution in [0.1, 0.15) is 24.8 Å². The molecule has 0 unspecified atom stereocenters. The molecule has 3 rings (SSSR count). The maximum Gasteiger partial charge on any atom is 0.0405 e. The van der Waals surface area contributed by atoms with Crippen LogP contribution in [0.3, 0.4) is 0 Å². The first kappa shape index (κ1) is 8.34. The summed E-state index contributed by atoms with van der Waals surface area (Å²) in [6, 6.07) is 8.86. The number of rotatable bonds is 1. The zero-order valence-electron chi connectivity index (χ0n) is 8.50. The molecule has 0 bridgehead atoms. The number of anilines is 1. The molecule has 0 amide bonds. The molecule has 0 N–H and O–H groups in total. The van der Waals surface area contributed by atoms with Gasteiger partial charge in [0.15, 0.2) is 0 Å². The van der Waals surface area contributed by atoms with E-state index < -0.39 is 0 Å². The summed E-state index contributed by atoms with van der Waals surface area (Å²) in [5.41, 5.74) is 3.52. The minimum atomic E-state index is 0.508. The van der Waals surface area contributed by atoms with E-state index in [2.05, 4.69) is 36.1 Å². The maximum atomic E-state index is 4.02. The van der Waals surface area contributed by atoms with Gasteiger partial charge in [-0.15, -0.1) is 0 Å². The van der Waals surface area contributed by atoms with Crippen molar-refractivity contribution in [2.75, 3.05) is 18.0 Å². The third-order valence-corrected chi connectivity index (χ3v) is 3.89. The van der Waals surface area contributed by atoms with Gasteiger partial charge in [0.05, 0.1) is 0 Å². The summed E-state index contributed by atoms with van der Waals surface area (Å²) in [6.07, 6.45) is 4.15. The summed E-state index contributed by atoms with van der Waals surface area (Å²) in [5, 5.41) is 0. The highest BCUT2D eigenvalue weighted by Crippen LogP contribution is 2.52. The predicted molar refractivity (Wildman–Crippen MR) is 59.5 cm³/mol. The molecule has 1 saturated carbocycles. The SMILES string of the molecule is [CH2]CN1CC2(CCC2)c2ccccc21. The molecule has 0 atom stereocenters. The summed E-state index contributed by atoms with van der Waals surface area (Å²) in [5.74, 6) is 0. The standard InChI is InChI=1S/C13H16N/c1-2-14-10-13(8-5-9-13)11-6-3-4-7-12(11)14/h3-4,6-7H,1-2,5,8-10H2. The van der Waals surface area contributed by atoms with Crippen LogP contribution in [0.5, 0.6) is 0 Å². The molecule has 73 valence electrons. The topological polar surface area (TPSA) is 3.24 Å². The third-order valence-electron chi connectivity index (χ3n) is 3.89. The van der Waals surface area contributed by atoms with Gasteiger partial charge in [-0.05, 0) is 31.4 Å². The molecule has 1 spiro atoms. The van der Waals surface area contributed by atoms with Crippen LogP contribution in [-0.2, 0) is 5.41 Å². The number of benzene rings is 1. The van der Waals surface area contributed by atoms with Crippen LogP contribution in [0.2, 0.25) is 0 Å². The van der Waals surface area contributed by atoms with Crippen molar-refractivity contribution in [3.63, 3.8) is 0 Å². The molecule has 1 heteroatoms. The molecular formula is C13H16N. The van der Waals surface area contributed by atoms with Gasteiger partial charge in [-0.25, -0.2) is 0 Å². The third kappa shape index (κ3) is 0.902. The van der Waals surface area contributed by atoms with E-state index in [1.165, 1.54) is 31.5 Å². The monoisotopic (exact) mass is 186 g/mol. The first-order valence-electron chi connectivity index (χ1n) is 5.49. The fraction of sp³-hybridized carbons (Fsp3) is 0.462. The molecule has 1 nitrogen and oxygen atoms in total. The first-order chi connectivity index (χ1) is 6.86. The van der Waals surface area contributed by atoms with Crippen molar-refractivity contribution in [2.24, 2.45) is 0 Å².